The number of piperazine rings is 1. The number of carbonyl (C=O) groups is 4. The average molecular weight is 990 g/mol. The van der Waals surface area contributed by atoms with Gasteiger partial charge in [0.2, 0.25) is 23.6 Å². The zero-order chi connectivity index (χ0) is 49.5. The number of nitrogens with one attached hydrogen (secondary N) is 2. The summed E-state index contributed by atoms with van der Waals surface area (Å²) >= 11 is 3.14. The van der Waals surface area contributed by atoms with Crippen LogP contribution in [0.3, 0.4) is 0 Å². The first-order valence-electron chi connectivity index (χ1n) is 23.7. The Labute approximate surface area is 415 Å². The maximum absolute atomic E-state index is 14.1. The van der Waals surface area contributed by atoms with Gasteiger partial charge in [-0.3, -0.25) is 24.1 Å². The monoisotopic (exact) mass is 989 g/mol. The van der Waals surface area contributed by atoms with Crippen molar-refractivity contribution in [2.24, 2.45) is 5.41 Å². The zero-order valence-corrected chi connectivity index (χ0v) is 41.5. The lowest BCUT2D eigenvalue weighted by atomic mass is 9.85. The van der Waals surface area contributed by atoms with E-state index in [1.165, 1.54) is 38.8 Å². The molecule has 4 N–H and O–H groups in total. The van der Waals surface area contributed by atoms with Gasteiger partial charge in [0, 0.05) is 80.0 Å². The third-order valence-corrected chi connectivity index (χ3v) is 15.1. The molecule has 0 radical (unpaired) electrons. The van der Waals surface area contributed by atoms with Crippen LogP contribution in [0.1, 0.15) is 57.6 Å². The van der Waals surface area contributed by atoms with Crippen molar-refractivity contribution in [3.63, 3.8) is 0 Å². The number of carbonyl (C=O) groups excluding carboxylic acids is 4. The van der Waals surface area contributed by atoms with Crippen LogP contribution in [0.2, 0.25) is 0 Å². The highest BCUT2D eigenvalue weighted by Crippen LogP contribution is 2.47. The highest BCUT2D eigenvalue weighted by atomic mass is 32.1. The molecule has 0 saturated carbocycles. The molecule has 4 heterocycles. The maximum atomic E-state index is 14.1. The molecule has 2 aliphatic heterocycles. The van der Waals surface area contributed by atoms with Crippen molar-refractivity contribution in [2.75, 3.05) is 45.9 Å². The zero-order valence-electron chi connectivity index (χ0n) is 39.9. The Morgan fingerprint density at radius 2 is 1.54 bits per heavy atom. The van der Waals surface area contributed by atoms with Crippen LogP contribution >= 0.6 is 22.7 Å². The lowest BCUT2D eigenvalue weighted by molar-refractivity contribution is -0.144. The van der Waals surface area contributed by atoms with E-state index in [-0.39, 0.29) is 61.6 Å². The Balaban J connectivity index is 0.748. The van der Waals surface area contributed by atoms with Crippen molar-refractivity contribution >= 4 is 56.4 Å². The molecule has 16 heteroatoms. The normalized spacial score (nSPS) is 16.8. The molecule has 0 bridgehead atoms. The molecule has 0 aliphatic carbocycles. The number of phenolic OH excluding ortho intramolecular Hbond substituents is 1. The third kappa shape index (κ3) is 12.3. The van der Waals surface area contributed by atoms with Gasteiger partial charge in [0.25, 0.3) is 0 Å². The molecule has 2 aromatic heterocycles. The van der Waals surface area contributed by atoms with E-state index in [0.29, 0.717) is 63.0 Å². The van der Waals surface area contributed by atoms with Crippen molar-refractivity contribution < 1.29 is 43.3 Å². The average Bonchev–Trinajstić information content (AvgIpc) is 4.06. The third-order valence-electron chi connectivity index (χ3n) is 12.8. The van der Waals surface area contributed by atoms with E-state index in [1.54, 1.807) is 35.6 Å². The molecule has 3 atom stereocenters. The van der Waals surface area contributed by atoms with E-state index in [9.17, 15) is 33.8 Å². The number of likely N-dealkylation sites (tertiary alicyclic amines) is 1. The molecule has 6 aromatic rings. The Kier molecular flexibility index (Phi) is 15.9. The molecule has 368 valence electrons. The molecule has 4 amide bonds. The molecule has 8 rings (SSSR count). The van der Waals surface area contributed by atoms with Crippen LogP contribution in [-0.4, -0.2) is 113 Å². The van der Waals surface area contributed by atoms with Crippen LogP contribution in [0.15, 0.2) is 102 Å². The number of aromatic hydroxyl groups is 1. The number of hydrogen-bond donors (Lipinski definition) is 4. The molecule has 2 aliphatic rings. The molecule has 70 heavy (non-hydrogen) atoms. The number of phenols is 1. The van der Waals surface area contributed by atoms with E-state index in [0.717, 1.165) is 31.7 Å². The number of amides is 4. The molecule has 2 fully saturated rings. The number of aliphatic hydroxyl groups excluding tert-OH is 1. The first-order valence-corrected chi connectivity index (χ1v) is 25.4. The largest absolute Gasteiger partial charge is 0.508 e. The van der Waals surface area contributed by atoms with Gasteiger partial charge in [-0.25, -0.2) is 4.39 Å². The lowest BCUT2D eigenvalue weighted by Crippen LogP contribution is -2.57. The minimum absolute atomic E-state index is 0.0144. The van der Waals surface area contributed by atoms with Crippen LogP contribution in [0.25, 0.3) is 31.0 Å². The highest BCUT2D eigenvalue weighted by molar-refractivity contribution is 7.22. The van der Waals surface area contributed by atoms with Gasteiger partial charge >= 0.3 is 0 Å². The Morgan fingerprint density at radius 3 is 2.23 bits per heavy atom. The highest BCUT2D eigenvalue weighted by Gasteiger charge is 2.44. The standard InChI is InChI=1S/C54H60FN5O8S2/c1-34-22-29-69-49(34)36-10-8-35(9-11-36)32-56-52(65)44-30-40(62)33-60(44)53(66)51(54(2,3)4)57-46(63)6-5-7-47(64)59-25-23-58(24-26-59)27-28-67-41-17-19-42(20-18-41)68-48-43-21-16-39(61)31-45(43)70-50(48)37-12-14-38(55)15-13-37/h8-22,29,31,40,44,51,61-62H,5-7,23-28,30,32-33H2,1-4H3,(H,56,65)(H,57,63)/t40-,44+,51-/m1/s1. The van der Waals surface area contributed by atoms with Crippen molar-refractivity contribution in [1.82, 2.24) is 25.3 Å². The lowest BCUT2D eigenvalue weighted by Gasteiger charge is -2.35. The fraction of sp³-hybridized carbons (Fsp3) is 0.370. The van der Waals surface area contributed by atoms with E-state index in [4.69, 9.17) is 9.47 Å². The van der Waals surface area contributed by atoms with Gasteiger partial charge in [-0.2, -0.15) is 0 Å². The summed E-state index contributed by atoms with van der Waals surface area (Å²) in [6.45, 7) is 11.5. The fourth-order valence-corrected chi connectivity index (χ4v) is 11.0. The fourth-order valence-electron chi connectivity index (χ4n) is 8.85. The van der Waals surface area contributed by atoms with E-state index in [2.05, 4.69) is 33.9 Å². The Bertz CT molecular complexity index is 2780. The van der Waals surface area contributed by atoms with Gasteiger partial charge in [0.1, 0.15) is 41.8 Å². The van der Waals surface area contributed by atoms with Gasteiger partial charge in [-0.05, 0) is 107 Å². The Hall–Kier alpha value is -6.33. The van der Waals surface area contributed by atoms with Crippen LogP contribution in [-0.2, 0) is 25.7 Å². The van der Waals surface area contributed by atoms with Gasteiger partial charge in [-0.15, -0.1) is 22.7 Å². The summed E-state index contributed by atoms with van der Waals surface area (Å²) in [7, 11) is 0. The number of hydrogen-bond acceptors (Lipinski definition) is 11. The number of fused-ring (bicyclic) bond motifs is 1. The maximum Gasteiger partial charge on any atom is 0.246 e. The van der Waals surface area contributed by atoms with Crippen molar-refractivity contribution in [2.45, 2.75) is 78.1 Å². The van der Waals surface area contributed by atoms with Gasteiger partial charge in [0.05, 0.1) is 11.0 Å². The number of nitrogens with zero attached hydrogens (tertiary/aromatic N) is 3. The van der Waals surface area contributed by atoms with Crippen LogP contribution in [0.4, 0.5) is 4.39 Å². The molecule has 0 spiro atoms. The van der Waals surface area contributed by atoms with Crippen LogP contribution < -0.4 is 20.1 Å². The van der Waals surface area contributed by atoms with Crippen LogP contribution in [0, 0.1) is 18.2 Å². The Morgan fingerprint density at radius 1 is 0.857 bits per heavy atom. The van der Waals surface area contributed by atoms with E-state index < -0.39 is 29.5 Å². The predicted octanol–water partition coefficient (Wildman–Crippen LogP) is 8.74. The van der Waals surface area contributed by atoms with Crippen molar-refractivity contribution in [3.05, 3.63) is 119 Å². The van der Waals surface area contributed by atoms with Gasteiger partial charge in [-0.1, -0.05) is 57.2 Å². The molecule has 13 nitrogen and oxygen atoms in total. The topological polar surface area (TPSA) is 161 Å². The smallest absolute Gasteiger partial charge is 0.246 e. The summed E-state index contributed by atoms with van der Waals surface area (Å²) in [6, 6.07) is 26.9. The van der Waals surface area contributed by atoms with Gasteiger partial charge < -0.3 is 40.1 Å². The molecule has 0 unspecified atom stereocenters. The second-order valence-electron chi connectivity index (χ2n) is 19.1. The number of β-amino-alcohol motifs (C(OH)–C–C–N with tert-alkyl or cyclic N) is 1. The predicted molar refractivity (Wildman–Crippen MR) is 272 cm³/mol. The quantitative estimate of drug-likeness (QED) is 0.0701. The second-order valence-corrected chi connectivity index (χ2v) is 21.0. The number of ether oxygens (including phenoxy) is 2. The minimum atomic E-state index is -0.950. The second kappa shape index (κ2) is 22.2. The summed E-state index contributed by atoms with van der Waals surface area (Å²) in [5, 5.41) is 29.4. The molecule has 4 aromatic carbocycles. The minimum Gasteiger partial charge on any atom is -0.508 e. The van der Waals surface area contributed by atoms with E-state index in [1.807, 2.05) is 80.3 Å². The SMILES string of the molecule is Cc1ccsc1-c1ccc(CNC(=O)[C@@H]2C[C@@H](O)CN2C(=O)[C@@H](NC(=O)CCCC(=O)N2CCN(CCOc3ccc(Oc4c(-c5ccc(F)cc5)sc5cc(O)ccc45)cc3)CC2)C(C)(C)C)cc1. The van der Waals surface area contributed by atoms with Crippen molar-refractivity contribution in [1.29, 1.82) is 0 Å². The number of aryl methyl sites for hydroxylation is 1. The molecular weight excluding hydrogens is 930 g/mol. The summed E-state index contributed by atoms with van der Waals surface area (Å²) in [4.78, 5) is 61.6. The summed E-state index contributed by atoms with van der Waals surface area (Å²) in [5.74, 6) is 0.555. The number of benzene rings is 4. The first-order chi connectivity index (χ1) is 33.6. The number of rotatable bonds is 17. The first kappa shape index (κ1) is 50.1. The van der Waals surface area contributed by atoms with Gasteiger partial charge in [0.15, 0.2) is 5.75 Å². The van der Waals surface area contributed by atoms with Crippen molar-refractivity contribution in [3.8, 4) is 43.9 Å². The summed E-state index contributed by atoms with van der Waals surface area (Å²) < 4.78 is 27.0. The number of thiophene rings is 2. The van der Waals surface area contributed by atoms with Crippen LogP contribution in [0.5, 0.6) is 23.0 Å². The molecular formula is C54H60FN5O8S2. The summed E-state index contributed by atoms with van der Waals surface area (Å²) in [6.07, 6.45) is -0.205. The number of aliphatic hydroxyl groups is 1. The number of halogens is 1. The van der Waals surface area contributed by atoms with E-state index >= 15 is 0 Å². The summed E-state index contributed by atoms with van der Waals surface area (Å²) in [5.41, 5.74) is 3.34. The molecule has 2 saturated heterocycles.